The highest BCUT2D eigenvalue weighted by atomic mass is 35.5. The van der Waals surface area contributed by atoms with Gasteiger partial charge in [0.2, 0.25) is 6.54 Å². The summed E-state index contributed by atoms with van der Waals surface area (Å²) in [7, 11) is 0. The van der Waals surface area contributed by atoms with Crippen LogP contribution in [0.2, 0.25) is 10.3 Å². The second kappa shape index (κ2) is 3.85. The van der Waals surface area contributed by atoms with Crippen molar-refractivity contribution in [3.05, 3.63) is 37.9 Å². The highest BCUT2D eigenvalue weighted by molar-refractivity contribution is 6.32. The fourth-order valence-corrected chi connectivity index (χ4v) is 1.11. The Balaban J connectivity index is 3.08. The molecular weight excluding hydrogens is 222 g/mol. The van der Waals surface area contributed by atoms with Crippen LogP contribution in [-0.2, 0) is 6.54 Å². The Morgan fingerprint density at radius 2 is 2.15 bits per heavy atom. The number of nitrogens with zero attached hydrogens (tertiary/aromatic N) is 2. The molecule has 0 aliphatic carbocycles. The molecule has 0 bridgehead atoms. The van der Waals surface area contributed by atoms with Crippen molar-refractivity contribution in [2.24, 2.45) is 0 Å². The van der Waals surface area contributed by atoms with Crippen LogP contribution in [0.15, 0.2) is 6.07 Å². The summed E-state index contributed by atoms with van der Waals surface area (Å²) in [5.74, 6) is -0.817. The molecule has 0 radical (unpaired) electrons. The van der Waals surface area contributed by atoms with Crippen LogP contribution in [0.4, 0.5) is 4.39 Å². The molecule has 1 aromatic rings. The van der Waals surface area contributed by atoms with Gasteiger partial charge in [0.1, 0.15) is 5.15 Å². The van der Waals surface area contributed by atoms with Gasteiger partial charge in [-0.3, -0.25) is 10.1 Å². The van der Waals surface area contributed by atoms with Gasteiger partial charge >= 0.3 is 0 Å². The summed E-state index contributed by atoms with van der Waals surface area (Å²) in [6, 6.07) is 0.903. The van der Waals surface area contributed by atoms with E-state index in [4.69, 9.17) is 23.2 Å². The van der Waals surface area contributed by atoms with Crippen molar-refractivity contribution in [3.8, 4) is 0 Å². The SMILES string of the molecule is O=[N+]([O-])Cc1cc(F)c(Cl)nc1Cl. The van der Waals surface area contributed by atoms with E-state index in [9.17, 15) is 14.5 Å². The summed E-state index contributed by atoms with van der Waals surface area (Å²) in [4.78, 5) is 12.8. The molecule has 1 aromatic heterocycles. The van der Waals surface area contributed by atoms with Crippen LogP contribution in [0.5, 0.6) is 0 Å². The Labute approximate surface area is 82.4 Å². The van der Waals surface area contributed by atoms with Gasteiger partial charge in [0.25, 0.3) is 0 Å². The Kier molecular flexibility index (Phi) is 3.00. The van der Waals surface area contributed by atoms with Gasteiger partial charge in [-0.05, 0) is 6.07 Å². The molecule has 4 nitrogen and oxygen atoms in total. The fraction of sp³-hybridized carbons (Fsp3) is 0.167. The topological polar surface area (TPSA) is 56.0 Å². The van der Waals surface area contributed by atoms with E-state index >= 15 is 0 Å². The third kappa shape index (κ3) is 2.50. The van der Waals surface area contributed by atoms with E-state index in [0.717, 1.165) is 6.07 Å². The maximum Gasteiger partial charge on any atom is 0.232 e. The molecule has 0 aromatic carbocycles. The van der Waals surface area contributed by atoms with E-state index in [0.29, 0.717) is 0 Å². The lowest BCUT2D eigenvalue weighted by Crippen LogP contribution is -2.01. The monoisotopic (exact) mass is 224 g/mol. The van der Waals surface area contributed by atoms with Gasteiger partial charge < -0.3 is 0 Å². The average Bonchev–Trinajstić information content (AvgIpc) is 1.99. The van der Waals surface area contributed by atoms with Gasteiger partial charge in [-0.25, -0.2) is 9.37 Å². The molecule has 0 aliphatic heterocycles. The Morgan fingerprint density at radius 3 is 2.69 bits per heavy atom. The van der Waals surface area contributed by atoms with E-state index in [1.165, 1.54) is 0 Å². The first-order valence-electron chi connectivity index (χ1n) is 3.13. The summed E-state index contributed by atoms with van der Waals surface area (Å²) >= 11 is 10.8. The molecule has 0 atom stereocenters. The van der Waals surface area contributed by atoms with Crippen LogP contribution in [0.25, 0.3) is 0 Å². The first-order valence-corrected chi connectivity index (χ1v) is 3.88. The number of halogens is 3. The largest absolute Gasteiger partial charge is 0.264 e. The quantitative estimate of drug-likeness (QED) is 0.440. The molecule has 0 saturated carbocycles. The van der Waals surface area contributed by atoms with Gasteiger partial charge in [-0.2, -0.15) is 0 Å². The molecule has 0 fully saturated rings. The summed E-state index contributed by atoms with van der Waals surface area (Å²) in [6.07, 6.45) is 0. The second-order valence-electron chi connectivity index (χ2n) is 2.20. The molecular formula is C6H3Cl2FN2O2. The molecule has 7 heteroatoms. The van der Waals surface area contributed by atoms with Crippen molar-refractivity contribution >= 4 is 23.2 Å². The third-order valence-electron chi connectivity index (χ3n) is 1.26. The lowest BCUT2D eigenvalue weighted by Gasteiger charge is -1.99. The summed E-state index contributed by atoms with van der Waals surface area (Å²) in [5.41, 5.74) is 0.00793. The molecule has 0 unspecified atom stereocenters. The van der Waals surface area contributed by atoms with Gasteiger partial charge in [-0.15, -0.1) is 0 Å². The van der Waals surface area contributed by atoms with E-state index in [1.54, 1.807) is 0 Å². The highest BCUT2D eigenvalue weighted by Gasteiger charge is 2.12. The maximum absolute atomic E-state index is 12.7. The summed E-state index contributed by atoms with van der Waals surface area (Å²) < 4.78 is 12.7. The second-order valence-corrected chi connectivity index (χ2v) is 2.92. The maximum atomic E-state index is 12.7. The smallest absolute Gasteiger partial charge is 0.232 e. The highest BCUT2D eigenvalue weighted by Crippen LogP contribution is 2.20. The number of rotatable bonds is 2. The zero-order chi connectivity index (χ0) is 10.0. The van der Waals surface area contributed by atoms with Gasteiger partial charge in [-0.1, -0.05) is 23.2 Å². The van der Waals surface area contributed by atoms with Crippen LogP contribution >= 0.6 is 23.2 Å². The number of pyridine rings is 1. The normalized spacial score (nSPS) is 10.1. The Hall–Kier alpha value is -0.940. The Morgan fingerprint density at radius 1 is 1.54 bits per heavy atom. The van der Waals surface area contributed by atoms with Crippen LogP contribution in [0.3, 0.4) is 0 Å². The molecule has 0 amide bonds. The average molecular weight is 225 g/mol. The summed E-state index contributed by atoms with van der Waals surface area (Å²) in [5, 5.41) is 9.54. The molecule has 0 spiro atoms. The number of hydrogen-bond donors (Lipinski definition) is 0. The molecule has 0 aliphatic rings. The van der Waals surface area contributed by atoms with Crippen LogP contribution < -0.4 is 0 Å². The summed E-state index contributed by atoms with van der Waals surface area (Å²) in [6.45, 7) is -0.570. The zero-order valence-corrected chi connectivity index (χ0v) is 7.64. The van der Waals surface area contributed by atoms with Crippen molar-refractivity contribution in [3.63, 3.8) is 0 Å². The molecule has 1 heterocycles. The molecule has 0 N–H and O–H groups in total. The van der Waals surface area contributed by atoms with Gasteiger partial charge in [0.05, 0.1) is 5.56 Å². The fourth-order valence-electron chi connectivity index (χ4n) is 0.733. The lowest BCUT2D eigenvalue weighted by atomic mass is 10.3. The number of hydrogen-bond acceptors (Lipinski definition) is 3. The standard InChI is InChI=1S/C6H3Cl2FN2O2/c7-5-3(2-11(12)13)1-4(9)6(8)10-5/h1H,2H2. The third-order valence-corrected chi connectivity index (χ3v) is 1.85. The molecule has 0 saturated heterocycles. The van der Waals surface area contributed by atoms with Gasteiger partial charge in [0.15, 0.2) is 11.0 Å². The van der Waals surface area contributed by atoms with Crippen molar-refractivity contribution in [2.75, 3.05) is 0 Å². The van der Waals surface area contributed by atoms with Crippen molar-refractivity contribution in [1.82, 2.24) is 4.98 Å². The minimum absolute atomic E-state index is 0.00793. The Bertz CT molecular complexity index is 359. The number of nitro groups is 1. The molecule has 1 rings (SSSR count). The minimum atomic E-state index is -0.817. The zero-order valence-electron chi connectivity index (χ0n) is 6.13. The first-order chi connectivity index (χ1) is 6.00. The van der Waals surface area contributed by atoms with Gasteiger partial charge in [0, 0.05) is 4.92 Å². The molecule has 70 valence electrons. The molecule has 13 heavy (non-hydrogen) atoms. The van der Waals surface area contributed by atoms with E-state index in [2.05, 4.69) is 4.98 Å². The van der Waals surface area contributed by atoms with Crippen LogP contribution in [-0.4, -0.2) is 9.91 Å². The number of aromatic nitrogens is 1. The van der Waals surface area contributed by atoms with Crippen molar-refractivity contribution in [2.45, 2.75) is 6.54 Å². The van der Waals surface area contributed by atoms with E-state index in [-0.39, 0.29) is 10.7 Å². The van der Waals surface area contributed by atoms with Crippen LogP contribution in [0, 0.1) is 15.9 Å². The van der Waals surface area contributed by atoms with Crippen molar-refractivity contribution < 1.29 is 9.31 Å². The van der Waals surface area contributed by atoms with E-state index in [1.807, 2.05) is 0 Å². The van der Waals surface area contributed by atoms with Crippen LogP contribution in [0.1, 0.15) is 5.56 Å². The van der Waals surface area contributed by atoms with E-state index < -0.39 is 22.4 Å². The first kappa shape index (κ1) is 10.1. The predicted octanol–water partition coefficient (Wildman–Crippen LogP) is 2.30. The van der Waals surface area contributed by atoms with Crippen molar-refractivity contribution in [1.29, 1.82) is 0 Å². The predicted molar refractivity (Wildman–Crippen MR) is 44.9 cm³/mol. The lowest BCUT2D eigenvalue weighted by molar-refractivity contribution is -0.496. The minimum Gasteiger partial charge on any atom is -0.264 e.